The minimum Gasteiger partial charge on any atom is -0.508 e. The van der Waals surface area contributed by atoms with Crippen molar-refractivity contribution in [3.63, 3.8) is 0 Å². The summed E-state index contributed by atoms with van der Waals surface area (Å²) in [6.45, 7) is 7.41. The number of carbonyl (C=O) groups excluding carboxylic acids is 2. The van der Waals surface area contributed by atoms with Gasteiger partial charge in [0.2, 0.25) is 0 Å². The van der Waals surface area contributed by atoms with Crippen LogP contribution < -0.4 is 0 Å². The molecular weight excluding hydrogens is 292 g/mol. The van der Waals surface area contributed by atoms with Gasteiger partial charge in [-0.15, -0.1) is 0 Å². The molecule has 4 nitrogen and oxygen atoms in total. The van der Waals surface area contributed by atoms with Crippen molar-refractivity contribution in [1.82, 2.24) is 0 Å². The topological polar surface area (TPSA) is 63.6 Å². The third kappa shape index (κ3) is 6.68. The zero-order valence-electron chi connectivity index (χ0n) is 14.0. The molecule has 0 fully saturated rings. The predicted molar refractivity (Wildman–Crippen MR) is 90.2 cm³/mol. The maximum atomic E-state index is 12.2. The number of unbranched alkanes of at least 4 members (excludes halogenated alkanes) is 2. The lowest BCUT2D eigenvalue weighted by molar-refractivity contribution is -0.157. The van der Waals surface area contributed by atoms with Crippen LogP contribution in [0, 0.1) is 5.92 Å². The summed E-state index contributed by atoms with van der Waals surface area (Å²) in [7, 11) is 0. The lowest BCUT2D eigenvalue weighted by Gasteiger charge is -2.18. The minimum absolute atomic E-state index is 0.155. The van der Waals surface area contributed by atoms with Crippen LogP contribution in [-0.2, 0) is 20.7 Å². The van der Waals surface area contributed by atoms with E-state index in [1.165, 1.54) is 6.08 Å². The summed E-state index contributed by atoms with van der Waals surface area (Å²) in [6, 6.07) is 6.49. The number of ether oxygens (including phenoxy) is 1. The number of phenolic OH excluding ortho intramolecular Hbond substituents is 1. The Kier molecular flexibility index (Phi) is 8.09. The number of phenols is 1. The standard InChI is InChI=1S/C19H26O4/c1-4-6-7-8-14(3)19(22)23-18(17(21)5-2)13-15-9-11-16(20)12-10-15/h5,9-12,14,18,20H,2,4,6-8,13H2,1,3H3. The number of hydrogen-bond donors (Lipinski definition) is 1. The van der Waals surface area contributed by atoms with Crippen LogP contribution in [-0.4, -0.2) is 23.0 Å². The molecule has 0 saturated heterocycles. The molecule has 0 aliphatic heterocycles. The number of esters is 1. The second kappa shape index (κ2) is 9.82. The summed E-state index contributed by atoms with van der Waals surface area (Å²) in [4.78, 5) is 24.1. The average Bonchev–Trinajstić information content (AvgIpc) is 2.55. The number of hydrogen-bond acceptors (Lipinski definition) is 4. The number of ketones is 1. The van der Waals surface area contributed by atoms with E-state index >= 15 is 0 Å². The van der Waals surface area contributed by atoms with Gasteiger partial charge in [-0.05, 0) is 30.2 Å². The smallest absolute Gasteiger partial charge is 0.309 e. The molecule has 0 bridgehead atoms. The lowest BCUT2D eigenvalue weighted by Crippen LogP contribution is -2.30. The highest BCUT2D eigenvalue weighted by atomic mass is 16.5. The third-order valence-electron chi connectivity index (χ3n) is 3.78. The van der Waals surface area contributed by atoms with E-state index in [1.807, 2.05) is 6.92 Å². The monoisotopic (exact) mass is 318 g/mol. The van der Waals surface area contributed by atoms with Crippen molar-refractivity contribution < 1.29 is 19.4 Å². The van der Waals surface area contributed by atoms with Crippen LogP contribution in [0.4, 0.5) is 0 Å². The Hall–Kier alpha value is -2.10. The van der Waals surface area contributed by atoms with Gasteiger partial charge in [-0.2, -0.15) is 0 Å². The fourth-order valence-corrected chi connectivity index (χ4v) is 2.25. The maximum absolute atomic E-state index is 12.2. The van der Waals surface area contributed by atoms with E-state index in [2.05, 4.69) is 13.5 Å². The van der Waals surface area contributed by atoms with E-state index in [0.717, 1.165) is 31.2 Å². The number of rotatable bonds is 10. The molecule has 0 amide bonds. The van der Waals surface area contributed by atoms with Crippen molar-refractivity contribution in [2.24, 2.45) is 5.92 Å². The van der Waals surface area contributed by atoms with Crippen LogP contribution in [0.3, 0.4) is 0 Å². The zero-order chi connectivity index (χ0) is 17.2. The summed E-state index contributed by atoms with van der Waals surface area (Å²) in [5, 5.41) is 9.30. The molecular formula is C19H26O4. The lowest BCUT2D eigenvalue weighted by atomic mass is 10.0. The van der Waals surface area contributed by atoms with Crippen molar-refractivity contribution in [2.75, 3.05) is 0 Å². The summed E-state index contributed by atoms with van der Waals surface area (Å²) < 4.78 is 5.41. The zero-order valence-corrected chi connectivity index (χ0v) is 14.0. The second-order valence-electron chi connectivity index (χ2n) is 5.80. The molecule has 0 aliphatic carbocycles. The van der Waals surface area contributed by atoms with Gasteiger partial charge in [0.25, 0.3) is 0 Å². The first-order chi connectivity index (χ1) is 11.0. The van der Waals surface area contributed by atoms with Crippen molar-refractivity contribution in [2.45, 2.75) is 52.1 Å². The van der Waals surface area contributed by atoms with Gasteiger partial charge in [0.15, 0.2) is 11.9 Å². The van der Waals surface area contributed by atoms with E-state index in [-0.39, 0.29) is 29.8 Å². The van der Waals surface area contributed by atoms with E-state index < -0.39 is 6.10 Å². The van der Waals surface area contributed by atoms with Crippen LogP contribution in [0.1, 0.15) is 45.1 Å². The van der Waals surface area contributed by atoms with E-state index in [0.29, 0.717) is 0 Å². The fraction of sp³-hybridized carbons (Fsp3) is 0.474. The van der Waals surface area contributed by atoms with Crippen LogP contribution in [0.15, 0.2) is 36.9 Å². The highest BCUT2D eigenvalue weighted by molar-refractivity contribution is 5.94. The first-order valence-corrected chi connectivity index (χ1v) is 8.12. The van der Waals surface area contributed by atoms with Crippen molar-refractivity contribution in [1.29, 1.82) is 0 Å². The molecule has 1 N–H and O–H groups in total. The van der Waals surface area contributed by atoms with Gasteiger partial charge in [0.05, 0.1) is 5.92 Å². The Bertz CT molecular complexity index is 519. The fourth-order valence-electron chi connectivity index (χ4n) is 2.25. The molecule has 0 spiro atoms. The van der Waals surface area contributed by atoms with Crippen molar-refractivity contribution in [3.05, 3.63) is 42.5 Å². The first-order valence-electron chi connectivity index (χ1n) is 8.12. The molecule has 0 radical (unpaired) electrons. The quantitative estimate of drug-likeness (QED) is 0.405. The Balaban J connectivity index is 2.67. The molecule has 0 aromatic heterocycles. The molecule has 1 aromatic rings. The largest absolute Gasteiger partial charge is 0.508 e. The van der Waals surface area contributed by atoms with Gasteiger partial charge < -0.3 is 9.84 Å². The summed E-state index contributed by atoms with van der Waals surface area (Å²) in [5.74, 6) is -0.726. The SMILES string of the molecule is C=CC(=O)C(Cc1ccc(O)cc1)OC(=O)C(C)CCCCC. The second-order valence-corrected chi connectivity index (χ2v) is 5.80. The normalized spacial score (nSPS) is 13.1. The van der Waals surface area contributed by atoms with Crippen molar-refractivity contribution >= 4 is 11.8 Å². The number of carbonyl (C=O) groups is 2. The Morgan fingerprint density at radius 1 is 1.26 bits per heavy atom. The highest BCUT2D eigenvalue weighted by Gasteiger charge is 2.24. The average molecular weight is 318 g/mol. The molecule has 0 heterocycles. The molecule has 1 rings (SSSR count). The van der Waals surface area contributed by atoms with Gasteiger partial charge in [0, 0.05) is 6.42 Å². The maximum Gasteiger partial charge on any atom is 0.309 e. The predicted octanol–water partition coefficient (Wildman–Crippen LogP) is 3.82. The molecule has 126 valence electrons. The summed E-state index contributed by atoms with van der Waals surface area (Å²) in [6.07, 6.45) is 4.52. The molecule has 4 heteroatoms. The van der Waals surface area contributed by atoms with E-state index in [9.17, 15) is 14.7 Å². The summed E-state index contributed by atoms with van der Waals surface area (Å²) in [5.41, 5.74) is 0.814. The van der Waals surface area contributed by atoms with Gasteiger partial charge in [-0.1, -0.05) is 51.8 Å². The third-order valence-corrected chi connectivity index (χ3v) is 3.78. The van der Waals surface area contributed by atoms with Crippen molar-refractivity contribution in [3.8, 4) is 5.75 Å². The van der Waals surface area contributed by atoms with E-state index in [4.69, 9.17) is 4.74 Å². The molecule has 2 unspecified atom stereocenters. The Morgan fingerprint density at radius 3 is 2.48 bits per heavy atom. The Morgan fingerprint density at radius 2 is 1.91 bits per heavy atom. The van der Waals surface area contributed by atoms with Gasteiger partial charge >= 0.3 is 5.97 Å². The van der Waals surface area contributed by atoms with Gasteiger partial charge in [0.1, 0.15) is 5.75 Å². The molecule has 23 heavy (non-hydrogen) atoms. The molecule has 0 saturated carbocycles. The first kappa shape index (κ1) is 18.9. The highest BCUT2D eigenvalue weighted by Crippen LogP contribution is 2.16. The van der Waals surface area contributed by atoms with Gasteiger partial charge in [-0.3, -0.25) is 9.59 Å². The number of benzene rings is 1. The summed E-state index contributed by atoms with van der Waals surface area (Å²) >= 11 is 0. The van der Waals surface area contributed by atoms with Crippen LogP contribution in [0.5, 0.6) is 5.75 Å². The van der Waals surface area contributed by atoms with E-state index in [1.54, 1.807) is 24.3 Å². The van der Waals surface area contributed by atoms with Gasteiger partial charge in [-0.25, -0.2) is 0 Å². The number of aromatic hydroxyl groups is 1. The Labute approximate surface area is 138 Å². The molecule has 1 aromatic carbocycles. The van der Waals surface area contributed by atoms with Crippen LogP contribution in [0.2, 0.25) is 0 Å². The molecule has 0 aliphatic rings. The molecule has 2 atom stereocenters. The van der Waals surface area contributed by atoms with Crippen LogP contribution in [0.25, 0.3) is 0 Å². The minimum atomic E-state index is -0.863. The van der Waals surface area contributed by atoms with Crippen LogP contribution >= 0.6 is 0 Å².